The smallest absolute Gasteiger partial charge is 0.154 e. The number of hydrogen-bond donors (Lipinski definition) is 2. The van der Waals surface area contributed by atoms with E-state index in [4.69, 9.17) is 21.1 Å². The van der Waals surface area contributed by atoms with Crippen molar-refractivity contribution in [1.29, 1.82) is 5.26 Å². The highest BCUT2D eigenvalue weighted by Crippen LogP contribution is 2.40. The number of aliphatic hydroxyl groups is 2. The molecule has 2 aromatic heterocycles. The maximum Gasteiger partial charge on any atom is 0.154 e. The second-order valence-corrected chi connectivity index (χ2v) is 9.35. The largest absolute Gasteiger partial charge is 0.394 e. The highest BCUT2D eigenvalue weighted by Gasteiger charge is 2.47. The van der Waals surface area contributed by atoms with E-state index in [9.17, 15) is 24.3 Å². The number of rotatable bonds is 6. The number of hydrogen-bond acceptors (Lipinski definition) is 9. The van der Waals surface area contributed by atoms with Gasteiger partial charge in [0.25, 0.3) is 0 Å². The molecule has 0 saturated carbocycles. The summed E-state index contributed by atoms with van der Waals surface area (Å²) < 4.78 is 40.8. The van der Waals surface area contributed by atoms with Crippen LogP contribution in [0.15, 0.2) is 35.5 Å². The number of aromatic nitrogens is 4. The fourth-order valence-electron chi connectivity index (χ4n) is 3.81. The molecule has 35 heavy (non-hydrogen) atoms. The number of thioether (sulfide) groups is 1. The van der Waals surface area contributed by atoms with Crippen LogP contribution >= 0.6 is 23.4 Å². The third kappa shape index (κ3) is 5.02. The Hall–Kier alpha value is -2.66. The van der Waals surface area contributed by atoms with E-state index in [1.807, 2.05) is 13.0 Å². The molecule has 1 aromatic carbocycles. The van der Waals surface area contributed by atoms with Gasteiger partial charge in [-0.05, 0) is 30.7 Å². The van der Waals surface area contributed by atoms with E-state index in [-0.39, 0.29) is 17.0 Å². The maximum absolute atomic E-state index is 13.9. The molecular formula is C22H20ClF2N5O4S. The van der Waals surface area contributed by atoms with Crippen LogP contribution in [0.4, 0.5) is 8.78 Å². The van der Waals surface area contributed by atoms with Crippen LogP contribution in [-0.4, -0.2) is 67.7 Å². The Kier molecular flexibility index (Phi) is 7.65. The van der Waals surface area contributed by atoms with E-state index in [1.165, 1.54) is 18.0 Å². The Labute approximate surface area is 208 Å². The first-order chi connectivity index (χ1) is 16.8. The first-order valence-electron chi connectivity index (χ1n) is 10.3. The summed E-state index contributed by atoms with van der Waals surface area (Å²) in [6.07, 6.45) is -0.122. The van der Waals surface area contributed by atoms with Crippen molar-refractivity contribution in [2.75, 3.05) is 13.7 Å². The first kappa shape index (κ1) is 25.4. The van der Waals surface area contributed by atoms with Crippen LogP contribution in [0.5, 0.6) is 0 Å². The maximum atomic E-state index is 13.9. The molecule has 184 valence electrons. The lowest BCUT2D eigenvalue weighted by Crippen LogP contribution is -2.55. The summed E-state index contributed by atoms with van der Waals surface area (Å²) in [5.41, 5.74) is 0.471. The minimum atomic E-state index is -1.26. The van der Waals surface area contributed by atoms with Crippen molar-refractivity contribution in [1.82, 2.24) is 20.0 Å². The molecular weight excluding hydrogens is 504 g/mol. The average Bonchev–Trinajstić information content (AvgIpc) is 3.32. The van der Waals surface area contributed by atoms with E-state index in [0.717, 1.165) is 29.5 Å². The van der Waals surface area contributed by atoms with Gasteiger partial charge in [0.1, 0.15) is 58.2 Å². The summed E-state index contributed by atoms with van der Waals surface area (Å²) in [4.78, 5) is 4.67. The Morgan fingerprint density at radius 3 is 2.66 bits per heavy atom. The number of pyridine rings is 1. The third-order valence-corrected chi connectivity index (χ3v) is 7.07. The summed E-state index contributed by atoms with van der Waals surface area (Å²) in [6, 6.07) is 4.96. The molecule has 0 bridgehead atoms. The van der Waals surface area contributed by atoms with Gasteiger partial charge >= 0.3 is 0 Å². The van der Waals surface area contributed by atoms with Crippen LogP contribution in [-0.2, 0) is 9.47 Å². The number of halogens is 3. The first-order valence-corrected chi connectivity index (χ1v) is 11.6. The molecule has 1 aliphatic heterocycles. The van der Waals surface area contributed by atoms with Crippen LogP contribution in [0.2, 0.25) is 5.02 Å². The van der Waals surface area contributed by atoms with Crippen molar-refractivity contribution in [3.63, 3.8) is 0 Å². The molecule has 3 aromatic rings. The fourth-order valence-corrected chi connectivity index (χ4v) is 5.24. The quantitative estimate of drug-likeness (QED) is 0.469. The SMILES string of the molecule is CO[C@@H]1[C@@H](n2cc(-c3cc(F)c(Cl)c(F)c3)nn2)[C@@H](O)[C@@H](CO)O[C@@H]1Sc1cc(C)cnc1C#N. The summed E-state index contributed by atoms with van der Waals surface area (Å²) in [6.45, 7) is 1.33. The van der Waals surface area contributed by atoms with Gasteiger partial charge in [-0.15, -0.1) is 5.10 Å². The minimum Gasteiger partial charge on any atom is -0.394 e. The fraction of sp³-hybridized carbons (Fsp3) is 0.364. The lowest BCUT2D eigenvalue weighted by Gasteiger charge is -2.43. The van der Waals surface area contributed by atoms with E-state index >= 15 is 0 Å². The monoisotopic (exact) mass is 523 g/mol. The van der Waals surface area contributed by atoms with Crippen LogP contribution in [0.3, 0.4) is 0 Å². The van der Waals surface area contributed by atoms with Gasteiger partial charge < -0.3 is 19.7 Å². The van der Waals surface area contributed by atoms with Gasteiger partial charge in [-0.2, -0.15) is 5.26 Å². The Bertz CT molecular complexity index is 1250. The van der Waals surface area contributed by atoms with Crippen LogP contribution in [0.25, 0.3) is 11.3 Å². The Morgan fingerprint density at radius 1 is 1.31 bits per heavy atom. The van der Waals surface area contributed by atoms with Gasteiger partial charge in [0.05, 0.1) is 12.8 Å². The molecule has 1 aliphatic rings. The average molecular weight is 524 g/mol. The molecule has 0 aliphatic carbocycles. The zero-order valence-corrected chi connectivity index (χ0v) is 20.0. The summed E-state index contributed by atoms with van der Waals surface area (Å²) in [5.74, 6) is -1.90. The summed E-state index contributed by atoms with van der Waals surface area (Å²) >= 11 is 6.72. The number of nitrogens with zero attached hydrogens (tertiary/aromatic N) is 5. The van der Waals surface area contributed by atoms with Gasteiger partial charge in [0.15, 0.2) is 5.69 Å². The van der Waals surface area contributed by atoms with E-state index in [0.29, 0.717) is 4.90 Å². The lowest BCUT2D eigenvalue weighted by molar-refractivity contribution is -0.186. The van der Waals surface area contributed by atoms with Crippen molar-refractivity contribution in [2.45, 2.75) is 41.6 Å². The Balaban J connectivity index is 1.70. The standard InChI is InChI=1S/C22H20ClF2N5O4S/c1-10-3-17(14(6-26)27-7-10)35-22-21(33-2)19(20(32)16(9-31)34-22)30-8-15(28-29-30)11-4-12(24)18(23)13(25)5-11/h3-5,7-8,16,19-22,31-32H,9H2,1-2H3/t16-,19+,20+,21-,22-/m1/s1. The third-order valence-electron chi connectivity index (χ3n) is 5.53. The van der Waals surface area contributed by atoms with Crippen LogP contribution in [0.1, 0.15) is 17.3 Å². The number of ether oxygens (including phenoxy) is 2. The highest BCUT2D eigenvalue weighted by atomic mass is 35.5. The van der Waals surface area contributed by atoms with Gasteiger partial charge in [0.2, 0.25) is 0 Å². The molecule has 0 amide bonds. The van der Waals surface area contributed by atoms with Crippen LogP contribution in [0, 0.1) is 29.9 Å². The highest BCUT2D eigenvalue weighted by molar-refractivity contribution is 7.99. The molecule has 3 heterocycles. The second-order valence-electron chi connectivity index (χ2n) is 7.83. The molecule has 2 N–H and O–H groups in total. The number of aryl methyl sites for hydroxylation is 1. The van der Waals surface area contributed by atoms with Crippen molar-refractivity contribution in [3.05, 3.63) is 58.5 Å². The number of benzene rings is 1. The van der Waals surface area contributed by atoms with Gasteiger partial charge in [-0.25, -0.2) is 18.4 Å². The number of aliphatic hydroxyl groups excluding tert-OH is 2. The Morgan fingerprint density at radius 2 is 2.03 bits per heavy atom. The van der Waals surface area contributed by atoms with Gasteiger partial charge in [-0.3, -0.25) is 0 Å². The zero-order chi connectivity index (χ0) is 25.3. The van der Waals surface area contributed by atoms with Crippen LogP contribution < -0.4 is 0 Å². The predicted molar refractivity (Wildman–Crippen MR) is 122 cm³/mol. The topological polar surface area (TPSA) is 126 Å². The molecule has 9 nitrogen and oxygen atoms in total. The van der Waals surface area contributed by atoms with Crippen molar-refractivity contribution >= 4 is 23.4 Å². The minimum absolute atomic E-state index is 0.0975. The van der Waals surface area contributed by atoms with Crippen molar-refractivity contribution in [3.8, 4) is 17.3 Å². The molecule has 13 heteroatoms. The number of nitriles is 1. The summed E-state index contributed by atoms with van der Waals surface area (Å²) in [5, 5.41) is 37.6. The van der Waals surface area contributed by atoms with Crippen molar-refractivity contribution < 1.29 is 28.5 Å². The molecule has 1 saturated heterocycles. The normalized spacial score (nSPS) is 24.3. The van der Waals surface area contributed by atoms with E-state index in [1.54, 1.807) is 12.3 Å². The second kappa shape index (κ2) is 10.5. The molecule has 4 rings (SSSR count). The zero-order valence-electron chi connectivity index (χ0n) is 18.5. The molecule has 0 spiro atoms. The van der Waals surface area contributed by atoms with Crippen molar-refractivity contribution in [2.24, 2.45) is 0 Å². The lowest BCUT2D eigenvalue weighted by atomic mass is 9.97. The van der Waals surface area contributed by atoms with Gasteiger partial charge in [-0.1, -0.05) is 28.6 Å². The molecule has 0 unspecified atom stereocenters. The number of methoxy groups -OCH3 is 1. The van der Waals surface area contributed by atoms with E-state index < -0.39 is 53.1 Å². The molecule has 5 atom stereocenters. The molecule has 1 fully saturated rings. The predicted octanol–water partition coefficient (Wildman–Crippen LogP) is 2.88. The molecule has 0 radical (unpaired) electrons. The van der Waals surface area contributed by atoms with Gasteiger partial charge in [0, 0.05) is 23.8 Å². The van der Waals surface area contributed by atoms with E-state index in [2.05, 4.69) is 15.3 Å². The summed E-state index contributed by atoms with van der Waals surface area (Å²) in [7, 11) is 1.42.